The summed E-state index contributed by atoms with van der Waals surface area (Å²) in [5.41, 5.74) is 1.41. The molecule has 0 spiro atoms. The lowest BCUT2D eigenvalue weighted by Gasteiger charge is -2.12. The number of amides is 2. The van der Waals surface area contributed by atoms with E-state index in [2.05, 4.69) is 25.6 Å². The molecule has 29 heavy (non-hydrogen) atoms. The van der Waals surface area contributed by atoms with Crippen molar-refractivity contribution in [3.63, 3.8) is 0 Å². The van der Waals surface area contributed by atoms with Crippen LogP contribution in [0.1, 0.15) is 56.1 Å². The number of thiazole rings is 1. The Morgan fingerprint density at radius 1 is 1.00 bits per heavy atom. The van der Waals surface area contributed by atoms with Gasteiger partial charge >= 0.3 is 0 Å². The molecular weight excluding hydrogens is 393 g/mol. The minimum atomic E-state index is -0.696. The van der Waals surface area contributed by atoms with E-state index in [9.17, 15) is 14.0 Å². The van der Waals surface area contributed by atoms with Gasteiger partial charge in [-0.3, -0.25) is 14.6 Å². The van der Waals surface area contributed by atoms with E-state index in [1.165, 1.54) is 35.9 Å². The van der Waals surface area contributed by atoms with E-state index >= 15 is 0 Å². The second-order valence-electron chi connectivity index (χ2n) is 6.78. The first-order chi connectivity index (χ1) is 13.7. The van der Waals surface area contributed by atoms with E-state index in [4.69, 9.17) is 0 Å². The number of halogens is 1. The lowest BCUT2D eigenvalue weighted by Crippen LogP contribution is -2.17. The van der Waals surface area contributed by atoms with Crippen molar-refractivity contribution in [2.45, 2.75) is 33.6 Å². The molecule has 2 heterocycles. The van der Waals surface area contributed by atoms with Gasteiger partial charge in [-0.1, -0.05) is 13.8 Å². The molecule has 3 aromatic rings. The van der Waals surface area contributed by atoms with Crippen molar-refractivity contribution in [2.24, 2.45) is 0 Å². The standard InChI is InChI=1S/C20H20FN5O2S/c1-10(2)16-7-24-18(9-23-16)26-19(27)13-6-15(11(3)5-14(13)21)25-20(28)17-8-22-12(4)29-17/h5-10H,1-4H3,(H,25,28)(H,24,26,27). The normalized spacial score (nSPS) is 10.8. The van der Waals surface area contributed by atoms with Crippen LogP contribution in [-0.2, 0) is 0 Å². The summed E-state index contributed by atoms with van der Waals surface area (Å²) in [6.07, 6.45) is 4.46. The van der Waals surface area contributed by atoms with Crippen LogP contribution in [-0.4, -0.2) is 26.8 Å². The fraction of sp³-hybridized carbons (Fsp3) is 0.250. The van der Waals surface area contributed by atoms with Gasteiger partial charge in [0, 0.05) is 5.69 Å². The molecule has 0 saturated heterocycles. The number of anilines is 2. The Hall–Kier alpha value is -3.20. The van der Waals surface area contributed by atoms with Crippen LogP contribution in [0.3, 0.4) is 0 Å². The molecule has 0 aliphatic carbocycles. The number of benzene rings is 1. The van der Waals surface area contributed by atoms with Gasteiger partial charge in [-0.2, -0.15) is 0 Å². The molecular formula is C20H20FN5O2S. The first kappa shape index (κ1) is 20.5. The van der Waals surface area contributed by atoms with Crippen LogP contribution >= 0.6 is 11.3 Å². The number of carbonyl (C=O) groups excluding carboxylic acids is 2. The summed E-state index contributed by atoms with van der Waals surface area (Å²) in [6.45, 7) is 7.40. The molecule has 1 aromatic carbocycles. The summed E-state index contributed by atoms with van der Waals surface area (Å²) in [4.78, 5) is 37.7. The number of carbonyl (C=O) groups is 2. The Balaban J connectivity index is 1.80. The third-order valence-corrected chi connectivity index (χ3v) is 5.07. The van der Waals surface area contributed by atoms with Crippen LogP contribution in [0.5, 0.6) is 0 Å². The number of aromatic nitrogens is 3. The minimum absolute atomic E-state index is 0.204. The van der Waals surface area contributed by atoms with Crippen molar-refractivity contribution in [3.05, 3.63) is 63.2 Å². The van der Waals surface area contributed by atoms with Crippen molar-refractivity contribution in [2.75, 3.05) is 10.6 Å². The van der Waals surface area contributed by atoms with E-state index in [0.717, 1.165) is 10.7 Å². The molecule has 7 nitrogen and oxygen atoms in total. The molecule has 3 rings (SSSR count). The van der Waals surface area contributed by atoms with Crippen LogP contribution in [0.15, 0.2) is 30.7 Å². The molecule has 9 heteroatoms. The zero-order valence-electron chi connectivity index (χ0n) is 16.4. The van der Waals surface area contributed by atoms with Crippen LogP contribution in [0.4, 0.5) is 15.9 Å². The van der Waals surface area contributed by atoms with Crippen molar-refractivity contribution < 1.29 is 14.0 Å². The topological polar surface area (TPSA) is 96.9 Å². The van der Waals surface area contributed by atoms with Crippen LogP contribution < -0.4 is 10.6 Å². The smallest absolute Gasteiger partial charge is 0.267 e. The van der Waals surface area contributed by atoms with Gasteiger partial charge in [0.05, 0.1) is 34.9 Å². The Kier molecular flexibility index (Phi) is 5.97. The largest absolute Gasteiger partial charge is 0.321 e. The Labute approximate surface area is 171 Å². The second-order valence-corrected chi connectivity index (χ2v) is 8.01. The maximum Gasteiger partial charge on any atom is 0.267 e. The number of hydrogen-bond acceptors (Lipinski definition) is 6. The van der Waals surface area contributed by atoms with E-state index in [0.29, 0.717) is 16.1 Å². The van der Waals surface area contributed by atoms with Gasteiger partial charge in [0.15, 0.2) is 5.82 Å². The molecule has 150 valence electrons. The van der Waals surface area contributed by atoms with Gasteiger partial charge in [-0.15, -0.1) is 11.3 Å². The summed E-state index contributed by atoms with van der Waals surface area (Å²) in [5.74, 6) is -1.33. The zero-order chi connectivity index (χ0) is 21.1. The van der Waals surface area contributed by atoms with E-state index in [1.54, 1.807) is 20.0 Å². The van der Waals surface area contributed by atoms with E-state index in [-0.39, 0.29) is 23.2 Å². The highest BCUT2D eigenvalue weighted by Gasteiger charge is 2.18. The third-order valence-electron chi connectivity index (χ3n) is 4.16. The van der Waals surface area contributed by atoms with Gasteiger partial charge in [-0.25, -0.2) is 14.4 Å². The molecule has 2 amide bonds. The average Bonchev–Trinajstić information content (AvgIpc) is 3.10. The lowest BCUT2D eigenvalue weighted by molar-refractivity contribution is 0.101. The number of rotatable bonds is 5. The number of nitrogens with one attached hydrogen (secondary N) is 2. The molecule has 0 atom stereocenters. The molecule has 0 radical (unpaired) electrons. The molecule has 0 fully saturated rings. The number of nitrogens with zero attached hydrogens (tertiary/aromatic N) is 3. The average molecular weight is 413 g/mol. The summed E-state index contributed by atoms with van der Waals surface area (Å²) in [7, 11) is 0. The molecule has 2 N–H and O–H groups in total. The highest BCUT2D eigenvalue weighted by molar-refractivity contribution is 7.13. The Morgan fingerprint density at radius 3 is 2.34 bits per heavy atom. The molecule has 0 unspecified atom stereocenters. The van der Waals surface area contributed by atoms with Crippen molar-refractivity contribution >= 4 is 34.7 Å². The zero-order valence-corrected chi connectivity index (χ0v) is 17.2. The van der Waals surface area contributed by atoms with Crippen molar-refractivity contribution in [1.82, 2.24) is 15.0 Å². The minimum Gasteiger partial charge on any atom is -0.321 e. The van der Waals surface area contributed by atoms with E-state index in [1.807, 2.05) is 13.8 Å². The first-order valence-corrected chi connectivity index (χ1v) is 9.73. The number of aryl methyl sites for hydroxylation is 2. The predicted octanol–water partition coefficient (Wildman–Crippen LogP) is 4.32. The summed E-state index contributed by atoms with van der Waals surface area (Å²) in [6, 6.07) is 2.51. The van der Waals surface area contributed by atoms with Gasteiger partial charge in [0.2, 0.25) is 0 Å². The SMILES string of the molecule is Cc1ncc(C(=O)Nc2cc(C(=O)Nc3cnc(C(C)C)cn3)c(F)cc2C)s1. The quantitative estimate of drug-likeness (QED) is 0.649. The fourth-order valence-electron chi connectivity index (χ4n) is 2.52. The predicted molar refractivity (Wildman–Crippen MR) is 110 cm³/mol. The van der Waals surface area contributed by atoms with Gasteiger partial charge in [0.1, 0.15) is 10.7 Å². The molecule has 0 bridgehead atoms. The summed E-state index contributed by atoms with van der Waals surface area (Å²) < 4.78 is 14.4. The van der Waals surface area contributed by atoms with E-state index < -0.39 is 11.7 Å². The third kappa shape index (κ3) is 4.80. The Bertz CT molecular complexity index is 1060. The molecule has 0 aliphatic heterocycles. The maximum atomic E-state index is 14.4. The van der Waals surface area contributed by atoms with Gasteiger partial charge < -0.3 is 10.6 Å². The fourth-order valence-corrected chi connectivity index (χ4v) is 3.19. The molecule has 2 aromatic heterocycles. The Morgan fingerprint density at radius 2 is 1.76 bits per heavy atom. The highest BCUT2D eigenvalue weighted by Crippen LogP contribution is 2.23. The van der Waals surface area contributed by atoms with Crippen molar-refractivity contribution in [1.29, 1.82) is 0 Å². The van der Waals surface area contributed by atoms with Gasteiger partial charge in [0.25, 0.3) is 11.8 Å². The van der Waals surface area contributed by atoms with Crippen molar-refractivity contribution in [3.8, 4) is 0 Å². The monoisotopic (exact) mass is 413 g/mol. The maximum absolute atomic E-state index is 14.4. The molecule has 0 saturated carbocycles. The summed E-state index contributed by atoms with van der Waals surface area (Å²) >= 11 is 1.25. The van der Waals surface area contributed by atoms with Crippen LogP contribution in [0.2, 0.25) is 0 Å². The number of hydrogen-bond donors (Lipinski definition) is 2. The summed E-state index contributed by atoms with van der Waals surface area (Å²) in [5, 5.41) is 5.99. The van der Waals surface area contributed by atoms with Gasteiger partial charge in [-0.05, 0) is 37.5 Å². The highest BCUT2D eigenvalue weighted by atomic mass is 32.1. The second kappa shape index (κ2) is 8.44. The molecule has 0 aliphatic rings. The van der Waals surface area contributed by atoms with Crippen LogP contribution in [0, 0.1) is 19.7 Å². The lowest BCUT2D eigenvalue weighted by atomic mass is 10.1. The first-order valence-electron chi connectivity index (χ1n) is 8.91. The van der Waals surface area contributed by atoms with Crippen LogP contribution in [0.25, 0.3) is 0 Å².